The number of nitrogens with two attached hydrogens (primary N) is 1. The Bertz CT molecular complexity index is 324. The maximum absolute atomic E-state index is 6.23. The van der Waals surface area contributed by atoms with Crippen LogP contribution in [0.2, 0.25) is 0 Å². The molecule has 1 fully saturated rings. The SMILES string of the molecule is Cc1cc(C(N)CC2CCCC2)n(C)n1. The Kier molecular flexibility index (Phi) is 3.10. The second-order valence-electron chi connectivity index (χ2n) is 4.83. The number of rotatable bonds is 3. The molecule has 3 heteroatoms. The second kappa shape index (κ2) is 4.35. The van der Waals surface area contributed by atoms with Crippen LogP contribution in [0, 0.1) is 12.8 Å². The first-order valence-electron chi connectivity index (χ1n) is 5.93. The molecular weight excluding hydrogens is 186 g/mol. The van der Waals surface area contributed by atoms with Gasteiger partial charge < -0.3 is 5.73 Å². The molecule has 1 heterocycles. The molecule has 1 unspecified atom stereocenters. The summed E-state index contributed by atoms with van der Waals surface area (Å²) in [6.07, 6.45) is 6.64. The Hall–Kier alpha value is -0.830. The van der Waals surface area contributed by atoms with Gasteiger partial charge in [-0.25, -0.2) is 0 Å². The van der Waals surface area contributed by atoms with Crippen LogP contribution in [-0.4, -0.2) is 9.78 Å². The summed E-state index contributed by atoms with van der Waals surface area (Å²) >= 11 is 0. The highest BCUT2D eigenvalue weighted by molar-refractivity contribution is 5.12. The molecule has 1 aliphatic carbocycles. The zero-order valence-corrected chi connectivity index (χ0v) is 9.74. The summed E-state index contributed by atoms with van der Waals surface area (Å²) in [6, 6.07) is 2.28. The van der Waals surface area contributed by atoms with E-state index in [9.17, 15) is 0 Å². The minimum atomic E-state index is 0.166. The highest BCUT2D eigenvalue weighted by Gasteiger charge is 2.20. The number of hydrogen-bond acceptors (Lipinski definition) is 2. The van der Waals surface area contributed by atoms with Crippen LogP contribution in [0.3, 0.4) is 0 Å². The molecule has 0 aromatic carbocycles. The van der Waals surface area contributed by atoms with Crippen LogP contribution in [0.1, 0.15) is 49.5 Å². The van der Waals surface area contributed by atoms with Gasteiger partial charge in [0, 0.05) is 13.1 Å². The number of aryl methyl sites for hydroxylation is 2. The van der Waals surface area contributed by atoms with Crippen molar-refractivity contribution < 1.29 is 0 Å². The van der Waals surface area contributed by atoms with Crippen LogP contribution in [0.5, 0.6) is 0 Å². The molecule has 2 rings (SSSR count). The van der Waals surface area contributed by atoms with E-state index in [1.807, 2.05) is 18.7 Å². The first-order valence-corrected chi connectivity index (χ1v) is 5.93. The van der Waals surface area contributed by atoms with Gasteiger partial charge in [-0.05, 0) is 25.3 Å². The van der Waals surface area contributed by atoms with Gasteiger partial charge in [-0.2, -0.15) is 5.10 Å². The summed E-state index contributed by atoms with van der Waals surface area (Å²) in [5.74, 6) is 0.843. The normalized spacial score (nSPS) is 19.7. The monoisotopic (exact) mass is 207 g/mol. The molecule has 0 amide bonds. The van der Waals surface area contributed by atoms with Gasteiger partial charge in [0.2, 0.25) is 0 Å². The van der Waals surface area contributed by atoms with Gasteiger partial charge >= 0.3 is 0 Å². The van der Waals surface area contributed by atoms with Crippen LogP contribution in [-0.2, 0) is 7.05 Å². The third-order valence-electron chi connectivity index (χ3n) is 3.48. The fraction of sp³-hybridized carbons (Fsp3) is 0.750. The first kappa shape index (κ1) is 10.7. The van der Waals surface area contributed by atoms with Crippen molar-refractivity contribution in [2.24, 2.45) is 18.7 Å². The Morgan fingerprint density at radius 2 is 2.20 bits per heavy atom. The Morgan fingerprint density at radius 3 is 2.73 bits per heavy atom. The highest BCUT2D eigenvalue weighted by Crippen LogP contribution is 2.31. The average Bonchev–Trinajstić information content (AvgIpc) is 2.75. The predicted octanol–water partition coefficient (Wildman–Crippen LogP) is 2.31. The van der Waals surface area contributed by atoms with Crippen molar-refractivity contribution >= 4 is 0 Å². The van der Waals surface area contributed by atoms with E-state index >= 15 is 0 Å². The summed E-state index contributed by atoms with van der Waals surface area (Å²) < 4.78 is 1.93. The zero-order valence-electron chi connectivity index (χ0n) is 9.74. The van der Waals surface area contributed by atoms with E-state index in [1.165, 1.54) is 31.4 Å². The average molecular weight is 207 g/mol. The van der Waals surface area contributed by atoms with Gasteiger partial charge in [-0.1, -0.05) is 25.7 Å². The molecule has 1 aromatic rings. The van der Waals surface area contributed by atoms with Crippen molar-refractivity contribution in [3.8, 4) is 0 Å². The minimum absolute atomic E-state index is 0.166. The topological polar surface area (TPSA) is 43.8 Å². The molecule has 1 aromatic heterocycles. The predicted molar refractivity (Wildman–Crippen MR) is 61.4 cm³/mol. The lowest BCUT2D eigenvalue weighted by molar-refractivity contribution is 0.436. The largest absolute Gasteiger partial charge is 0.323 e. The van der Waals surface area contributed by atoms with Gasteiger partial charge in [-0.3, -0.25) is 4.68 Å². The summed E-state index contributed by atoms with van der Waals surface area (Å²) in [4.78, 5) is 0. The lowest BCUT2D eigenvalue weighted by atomic mass is 9.97. The van der Waals surface area contributed by atoms with E-state index in [-0.39, 0.29) is 6.04 Å². The maximum atomic E-state index is 6.23. The summed E-state index contributed by atoms with van der Waals surface area (Å²) in [5.41, 5.74) is 8.47. The third kappa shape index (κ3) is 2.40. The lowest BCUT2D eigenvalue weighted by Crippen LogP contribution is -2.17. The van der Waals surface area contributed by atoms with E-state index in [4.69, 9.17) is 5.73 Å². The second-order valence-corrected chi connectivity index (χ2v) is 4.83. The molecule has 2 N–H and O–H groups in total. The van der Waals surface area contributed by atoms with Gasteiger partial charge in [0.05, 0.1) is 11.4 Å². The van der Waals surface area contributed by atoms with Crippen molar-refractivity contribution in [2.45, 2.75) is 45.1 Å². The van der Waals surface area contributed by atoms with E-state index < -0.39 is 0 Å². The molecule has 0 radical (unpaired) electrons. The van der Waals surface area contributed by atoms with Crippen molar-refractivity contribution in [3.63, 3.8) is 0 Å². The standard InChI is InChI=1S/C12H21N3/c1-9-7-12(15(2)14-9)11(13)8-10-5-3-4-6-10/h7,10-11H,3-6,8,13H2,1-2H3. The van der Waals surface area contributed by atoms with Crippen LogP contribution in [0.15, 0.2) is 6.07 Å². The van der Waals surface area contributed by atoms with Gasteiger partial charge in [0.1, 0.15) is 0 Å². The van der Waals surface area contributed by atoms with Crippen LogP contribution >= 0.6 is 0 Å². The molecular formula is C12H21N3. The minimum Gasteiger partial charge on any atom is -0.323 e. The van der Waals surface area contributed by atoms with Crippen LogP contribution in [0.4, 0.5) is 0 Å². The van der Waals surface area contributed by atoms with Gasteiger partial charge in [-0.15, -0.1) is 0 Å². The summed E-state index contributed by atoms with van der Waals surface area (Å²) in [7, 11) is 1.98. The number of nitrogens with zero attached hydrogens (tertiary/aromatic N) is 2. The van der Waals surface area contributed by atoms with E-state index in [1.54, 1.807) is 0 Å². The fourth-order valence-electron chi connectivity index (χ4n) is 2.70. The van der Waals surface area contributed by atoms with Crippen molar-refractivity contribution in [1.29, 1.82) is 0 Å². The summed E-state index contributed by atoms with van der Waals surface area (Å²) in [5, 5.41) is 4.34. The molecule has 1 aliphatic rings. The van der Waals surface area contributed by atoms with Crippen molar-refractivity contribution in [2.75, 3.05) is 0 Å². The maximum Gasteiger partial charge on any atom is 0.0597 e. The quantitative estimate of drug-likeness (QED) is 0.826. The number of hydrogen-bond donors (Lipinski definition) is 1. The molecule has 0 spiro atoms. The van der Waals surface area contributed by atoms with Gasteiger partial charge in [0.15, 0.2) is 0 Å². The smallest absolute Gasteiger partial charge is 0.0597 e. The molecule has 3 nitrogen and oxygen atoms in total. The molecule has 84 valence electrons. The Morgan fingerprint density at radius 1 is 1.53 bits per heavy atom. The lowest BCUT2D eigenvalue weighted by Gasteiger charge is -2.16. The van der Waals surface area contributed by atoms with Crippen LogP contribution < -0.4 is 5.73 Å². The molecule has 0 bridgehead atoms. The highest BCUT2D eigenvalue weighted by atomic mass is 15.3. The molecule has 1 saturated carbocycles. The fourth-order valence-corrected chi connectivity index (χ4v) is 2.70. The van der Waals surface area contributed by atoms with Gasteiger partial charge in [0.25, 0.3) is 0 Å². The molecule has 15 heavy (non-hydrogen) atoms. The van der Waals surface area contributed by atoms with Crippen molar-refractivity contribution in [3.05, 3.63) is 17.5 Å². The van der Waals surface area contributed by atoms with E-state index in [2.05, 4.69) is 11.2 Å². The Balaban J connectivity index is 2.00. The first-order chi connectivity index (χ1) is 7.16. The zero-order chi connectivity index (χ0) is 10.8. The number of aromatic nitrogens is 2. The van der Waals surface area contributed by atoms with Crippen molar-refractivity contribution in [1.82, 2.24) is 9.78 Å². The van der Waals surface area contributed by atoms with E-state index in [0.29, 0.717) is 0 Å². The van der Waals surface area contributed by atoms with Crippen LogP contribution in [0.25, 0.3) is 0 Å². The summed E-state index contributed by atoms with van der Waals surface area (Å²) in [6.45, 7) is 2.02. The molecule has 1 atom stereocenters. The van der Waals surface area contributed by atoms with E-state index in [0.717, 1.165) is 18.0 Å². The molecule has 0 aliphatic heterocycles. The molecule has 0 saturated heterocycles. The Labute approximate surface area is 91.7 Å². The third-order valence-corrected chi connectivity index (χ3v) is 3.48.